The molecule has 2 rings (SSSR count). The standard InChI is InChI=1S/C13H24N2O2/c1-9-7-14-8-10(9)13(17)15-11-5-3-2-4-6-12(11)16/h9-12,14,16H,2-8H2,1H3,(H,15,17). The Morgan fingerprint density at radius 3 is 2.71 bits per heavy atom. The van der Waals surface area contributed by atoms with E-state index in [1.165, 1.54) is 6.42 Å². The fourth-order valence-electron chi connectivity index (χ4n) is 2.91. The van der Waals surface area contributed by atoms with E-state index >= 15 is 0 Å². The molecule has 0 aromatic rings. The fourth-order valence-corrected chi connectivity index (χ4v) is 2.91. The fraction of sp³-hybridized carbons (Fsp3) is 0.923. The van der Waals surface area contributed by atoms with Gasteiger partial charge in [0, 0.05) is 6.54 Å². The zero-order valence-electron chi connectivity index (χ0n) is 10.6. The summed E-state index contributed by atoms with van der Waals surface area (Å²) in [6.07, 6.45) is 4.75. The Morgan fingerprint density at radius 1 is 1.24 bits per heavy atom. The third-order valence-electron chi connectivity index (χ3n) is 4.16. The Morgan fingerprint density at radius 2 is 2.00 bits per heavy atom. The molecule has 98 valence electrons. The molecule has 1 saturated heterocycles. The number of hydrogen-bond donors (Lipinski definition) is 3. The maximum absolute atomic E-state index is 12.1. The Balaban J connectivity index is 1.88. The molecule has 17 heavy (non-hydrogen) atoms. The smallest absolute Gasteiger partial charge is 0.225 e. The number of hydrogen-bond acceptors (Lipinski definition) is 3. The van der Waals surface area contributed by atoms with Crippen LogP contribution in [0.4, 0.5) is 0 Å². The minimum atomic E-state index is -0.355. The number of nitrogens with one attached hydrogen (secondary N) is 2. The summed E-state index contributed by atoms with van der Waals surface area (Å²) in [6, 6.07) is -0.0298. The highest BCUT2D eigenvalue weighted by molar-refractivity contribution is 5.79. The summed E-state index contributed by atoms with van der Waals surface area (Å²) >= 11 is 0. The van der Waals surface area contributed by atoms with Gasteiger partial charge in [-0.05, 0) is 25.3 Å². The summed E-state index contributed by atoms with van der Waals surface area (Å²) in [4.78, 5) is 12.1. The van der Waals surface area contributed by atoms with Crippen molar-refractivity contribution in [1.29, 1.82) is 0 Å². The second-order valence-electron chi connectivity index (χ2n) is 5.56. The van der Waals surface area contributed by atoms with Gasteiger partial charge in [0.15, 0.2) is 0 Å². The summed E-state index contributed by atoms with van der Waals surface area (Å²) in [5.41, 5.74) is 0. The number of amides is 1. The first kappa shape index (κ1) is 12.8. The number of aliphatic hydroxyl groups excluding tert-OH is 1. The molecule has 2 fully saturated rings. The number of aliphatic hydroxyl groups is 1. The van der Waals surface area contributed by atoms with Gasteiger partial charge < -0.3 is 15.7 Å². The van der Waals surface area contributed by atoms with Crippen molar-refractivity contribution in [3.05, 3.63) is 0 Å². The summed E-state index contributed by atoms with van der Waals surface area (Å²) in [6.45, 7) is 3.80. The Labute approximate surface area is 103 Å². The van der Waals surface area contributed by atoms with Gasteiger partial charge in [-0.2, -0.15) is 0 Å². The van der Waals surface area contributed by atoms with Crippen molar-refractivity contribution in [2.75, 3.05) is 13.1 Å². The van der Waals surface area contributed by atoms with Crippen molar-refractivity contribution in [1.82, 2.24) is 10.6 Å². The number of carbonyl (C=O) groups is 1. The molecule has 1 amide bonds. The van der Waals surface area contributed by atoms with E-state index in [1.807, 2.05) is 0 Å². The van der Waals surface area contributed by atoms with Crippen LogP contribution in [0.3, 0.4) is 0 Å². The molecule has 3 N–H and O–H groups in total. The van der Waals surface area contributed by atoms with Gasteiger partial charge in [0.05, 0.1) is 18.1 Å². The van der Waals surface area contributed by atoms with Crippen LogP contribution in [0.2, 0.25) is 0 Å². The molecule has 0 spiro atoms. The highest BCUT2D eigenvalue weighted by Crippen LogP contribution is 2.20. The van der Waals surface area contributed by atoms with Crippen molar-refractivity contribution in [3.8, 4) is 0 Å². The van der Waals surface area contributed by atoms with Crippen molar-refractivity contribution < 1.29 is 9.90 Å². The first-order chi connectivity index (χ1) is 8.18. The maximum atomic E-state index is 12.1. The Bertz CT molecular complexity index is 270. The molecule has 2 aliphatic rings. The van der Waals surface area contributed by atoms with Crippen LogP contribution >= 0.6 is 0 Å². The van der Waals surface area contributed by atoms with Crippen LogP contribution in [-0.4, -0.2) is 36.2 Å². The highest BCUT2D eigenvalue weighted by atomic mass is 16.3. The Hall–Kier alpha value is -0.610. The van der Waals surface area contributed by atoms with Gasteiger partial charge in [-0.3, -0.25) is 4.79 Å². The van der Waals surface area contributed by atoms with Crippen molar-refractivity contribution in [2.24, 2.45) is 11.8 Å². The van der Waals surface area contributed by atoms with Crippen LogP contribution in [0.15, 0.2) is 0 Å². The van der Waals surface area contributed by atoms with Crippen LogP contribution in [-0.2, 0) is 4.79 Å². The molecule has 0 aromatic heterocycles. The number of rotatable bonds is 2. The molecule has 4 unspecified atom stereocenters. The predicted molar refractivity (Wildman–Crippen MR) is 66.5 cm³/mol. The van der Waals surface area contributed by atoms with Crippen molar-refractivity contribution in [2.45, 2.75) is 51.2 Å². The molecular formula is C13H24N2O2. The molecule has 1 aliphatic heterocycles. The predicted octanol–water partition coefficient (Wildman–Crippen LogP) is 0.652. The van der Waals surface area contributed by atoms with Gasteiger partial charge in [0.1, 0.15) is 0 Å². The second kappa shape index (κ2) is 5.83. The first-order valence-corrected chi connectivity index (χ1v) is 6.87. The first-order valence-electron chi connectivity index (χ1n) is 6.87. The van der Waals surface area contributed by atoms with E-state index in [0.29, 0.717) is 5.92 Å². The van der Waals surface area contributed by atoms with Gasteiger partial charge in [0.25, 0.3) is 0 Å². The van der Waals surface area contributed by atoms with Crippen LogP contribution < -0.4 is 10.6 Å². The van der Waals surface area contributed by atoms with E-state index in [2.05, 4.69) is 17.6 Å². The lowest BCUT2D eigenvalue weighted by molar-refractivity contribution is -0.127. The molecule has 1 heterocycles. The maximum Gasteiger partial charge on any atom is 0.225 e. The number of carbonyl (C=O) groups excluding carboxylic acids is 1. The average Bonchev–Trinajstić information content (AvgIpc) is 2.63. The lowest BCUT2D eigenvalue weighted by atomic mass is 9.96. The van der Waals surface area contributed by atoms with Gasteiger partial charge in [-0.15, -0.1) is 0 Å². The van der Waals surface area contributed by atoms with E-state index < -0.39 is 0 Å². The molecule has 1 saturated carbocycles. The molecule has 0 bridgehead atoms. The Kier molecular flexibility index (Phi) is 4.40. The van der Waals surface area contributed by atoms with E-state index in [4.69, 9.17) is 0 Å². The molecule has 4 heteroatoms. The van der Waals surface area contributed by atoms with Gasteiger partial charge in [-0.1, -0.05) is 26.2 Å². The largest absolute Gasteiger partial charge is 0.391 e. The molecule has 4 nitrogen and oxygen atoms in total. The van der Waals surface area contributed by atoms with E-state index in [9.17, 15) is 9.90 Å². The quantitative estimate of drug-likeness (QED) is 0.621. The summed E-state index contributed by atoms with van der Waals surface area (Å²) in [7, 11) is 0. The second-order valence-corrected chi connectivity index (χ2v) is 5.56. The normalized spacial score (nSPS) is 38.7. The summed E-state index contributed by atoms with van der Waals surface area (Å²) in [5.74, 6) is 0.594. The van der Waals surface area contributed by atoms with Gasteiger partial charge >= 0.3 is 0 Å². The minimum Gasteiger partial charge on any atom is -0.391 e. The van der Waals surface area contributed by atoms with E-state index in [0.717, 1.165) is 38.8 Å². The lowest BCUT2D eigenvalue weighted by Crippen LogP contribution is -2.46. The third-order valence-corrected chi connectivity index (χ3v) is 4.16. The minimum absolute atomic E-state index is 0.0298. The van der Waals surface area contributed by atoms with Gasteiger partial charge in [0.2, 0.25) is 5.91 Å². The monoisotopic (exact) mass is 240 g/mol. The van der Waals surface area contributed by atoms with E-state index in [1.54, 1.807) is 0 Å². The third kappa shape index (κ3) is 3.19. The summed E-state index contributed by atoms with van der Waals surface area (Å²) < 4.78 is 0. The van der Waals surface area contributed by atoms with Crippen LogP contribution in [0.1, 0.15) is 39.0 Å². The zero-order chi connectivity index (χ0) is 12.3. The molecule has 1 aliphatic carbocycles. The van der Waals surface area contributed by atoms with Crippen LogP contribution in [0, 0.1) is 11.8 Å². The van der Waals surface area contributed by atoms with Crippen LogP contribution in [0.25, 0.3) is 0 Å². The topological polar surface area (TPSA) is 61.4 Å². The van der Waals surface area contributed by atoms with Gasteiger partial charge in [-0.25, -0.2) is 0 Å². The lowest BCUT2D eigenvalue weighted by Gasteiger charge is -2.24. The zero-order valence-corrected chi connectivity index (χ0v) is 10.6. The van der Waals surface area contributed by atoms with Crippen molar-refractivity contribution >= 4 is 5.91 Å². The molecule has 4 atom stereocenters. The summed E-state index contributed by atoms with van der Waals surface area (Å²) in [5, 5.41) is 16.3. The van der Waals surface area contributed by atoms with E-state index in [-0.39, 0.29) is 24.0 Å². The van der Waals surface area contributed by atoms with Crippen LogP contribution in [0.5, 0.6) is 0 Å². The molecular weight excluding hydrogens is 216 g/mol. The SMILES string of the molecule is CC1CNCC1C(=O)NC1CCCCCC1O. The molecule has 0 radical (unpaired) electrons. The highest BCUT2D eigenvalue weighted by Gasteiger charge is 2.32. The average molecular weight is 240 g/mol. The van der Waals surface area contributed by atoms with Crippen molar-refractivity contribution in [3.63, 3.8) is 0 Å². The molecule has 0 aromatic carbocycles.